The molecule has 3 heteroatoms. The molecule has 0 spiro atoms. The van der Waals surface area contributed by atoms with Crippen LogP contribution in [0, 0.1) is 0 Å². The summed E-state index contributed by atoms with van der Waals surface area (Å²) in [4.78, 5) is 4.14. The van der Waals surface area contributed by atoms with Crippen molar-refractivity contribution in [3.05, 3.63) is 36.2 Å². The molecule has 0 N–H and O–H groups in total. The van der Waals surface area contributed by atoms with E-state index in [0.717, 1.165) is 11.4 Å². The first kappa shape index (κ1) is 6.22. The van der Waals surface area contributed by atoms with Gasteiger partial charge in [-0.15, -0.1) is 0 Å². The van der Waals surface area contributed by atoms with Crippen LogP contribution in [0.15, 0.2) is 40.7 Å². The van der Waals surface area contributed by atoms with Crippen LogP contribution in [0.1, 0.15) is 5.69 Å². The van der Waals surface area contributed by atoms with Crippen molar-refractivity contribution in [2.75, 3.05) is 6.54 Å². The van der Waals surface area contributed by atoms with Gasteiger partial charge in [-0.2, -0.15) is 10.2 Å². The maximum atomic E-state index is 4.14. The van der Waals surface area contributed by atoms with Crippen molar-refractivity contribution in [3.8, 4) is 0 Å². The molecule has 1 aromatic rings. The molecule has 3 nitrogen and oxygen atoms in total. The van der Waals surface area contributed by atoms with Crippen molar-refractivity contribution in [2.24, 2.45) is 10.2 Å². The summed E-state index contributed by atoms with van der Waals surface area (Å²) in [6.45, 7) is 0.686. The minimum Gasteiger partial charge on any atom is -0.255 e. The lowest BCUT2D eigenvalue weighted by molar-refractivity contribution is 1.13. The average molecular weight is 145 g/mol. The molecule has 0 unspecified atom stereocenters. The third-order valence-electron chi connectivity index (χ3n) is 1.47. The summed E-state index contributed by atoms with van der Waals surface area (Å²) in [7, 11) is 0. The maximum absolute atomic E-state index is 4.14. The van der Waals surface area contributed by atoms with E-state index in [-0.39, 0.29) is 0 Å². The minimum atomic E-state index is 0.686. The van der Waals surface area contributed by atoms with Gasteiger partial charge in [0.1, 0.15) is 5.70 Å². The van der Waals surface area contributed by atoms with Gasteiger partial charge in [0, 0.05) is 6.20 Å². The highest BCUT2D eigenvalue weighted by Gasteiger charge is 2.03. The average Bonchev–Trinajstić information content (AvgIpc) is 2.58. The maximum Gasteiger partial charge on any atom is 0.109 e. The van der Waals surface area contributed by atoms with Gasteiger partial charge in [-0.25, -0.2) is 0 Å². The van der Waals surface area contributed by atoms with Crippen LogP contribution in [0.5, 0.6) is 0 Å². The Morgan fingerprint density at radius 1 is 1.27 bits per heavy atom. The van der Waals surface area contributed by atoms with E-state index in [1.807, 2.05) is 24.3 Å². The number of azo groups is 1. The molecular formula is C8H7N3. The molecule has 0 atom stereocenters. The molecule has 0 aliphatic carbocycles. The summed E-state index contributed by atoms with van der Waals surface area (Å²) < 4.78 is 0. The van der Waals surface area contributed by atoms with Crippen molar-refractivity contribution in [1.29, 1.82) is 0 Å². The van der Waals surface area contributed by atoms with Crippen LogP contribution in [0.3, 0.4) is 0 Å². The van der Waals surface area contributed by atoms with E-state index in [0.29, 0.717) is 6.54 Å². The molecule has 2 rings (SSSR count). The third kappa shape index (κ3) is 1.17. The van der Waals surface area contributed by atoms with E-state index in [1.165, 1.54) is 0 Å². The molecule has 0 amide bonds. The molecule has 0 fully saturated rings. The first-order chi connectivity index (χ1) is 5.47. The molecule has 54 valence electrons. The Hall–Kier alpha value is -1.51. The van der Waals surface area contributed by atoms with Crippen LogP contribution < -0.4 is 0 Å². The smallest absolute Gasteiger partial charge is 0.109 e. The van der Waals surface area contributed by atoms with E-state index >= 15 is 0 Å². The van der Waals surface area contributed by atoms with Crippen molar-refractivity contribution >= 4 is 5.70 Å². The lowest BCUT2D eigenvalue weighted by Crippen LogP contribution is -1.82. The zero-order valence-corrected chi connectivity index (χ0v) is 5.94. The number of rotatable bonds is 1. The van der Waals surface area contributed by atoms with Crippen LogP contribution in [0.25, 0.3) is 5.70 Å². The first-order valence-electron chi connectivity index (χ1n) is 3.46. The Bertz CT molecular complexity index is 300. The summed E-state index contributed by atoms with van der Waals surface area (Å²) in [5.41, 5.74) is 1.78. The van der Waals surface area contributed by atoms with Gasteiger partial charge in [0.05, 0.1) is 12.2 Å². The van der Waals surface area contributed by atoms with Gasteiger partial charge in [-0.05, 0) is 18.2 Å². The number of nitrogens with zero attached hydrogens (tertiary/aromatic N) is 3. The number of pyridine rings is 1. The van der Waals surface area contributed by atoms with E-state index in [2.05, 4.69) is 15.2 Å². The predicted octanol–water partition coefficient (Wildman–Crippen LogP) is 1.89. The summed E-state index contributed by atoms with van der Waals surface area (Å²) >= 11 is 0. The Kier molecular flexibility index (Phi) is 1.48. The van der Waals surface area contributed by atoms with Crippen molar-refractivity contribution < 1.29 is 0 Å². The molecule has 2 heterocycles. The summed E-state index contributed by atoms with van der Waals surface area (Å²) in [6, 6.07) is 5.75. The second-order valence-corrected chi connectivity index (χ2v) is 2.23. The number of aromatic nitrogens is 1. The van der Waals surface area contributed by atoms with Crippen LogP contribution in [-0.2, 0) is 0 Å². The van der Waals surface area contributed by atoms with Crippen LogP contribution in [-0.4, -0.2) is 11.5 Å². The normalized spacial score (nSPS) is 15.1. The fourth-order valence-corrected chi connectivity index (χ4v) is 0.955. The van der Waals surface area contributed by atoms with Crippen LogP contribution >= 0.6 is 0 Å². The van der Waals surface area contributed by atoms with Gasteiger partial charge in [-0.1, -0.05) is 6.07 Å². The zero-order chi connectivity index (χ0) is 7.52. The topological polar surface area (TPSA) is 37.6 Å². The highest BCUT2D eigenvalue weighted by atomic mass is 15.1. The molecule has 0 saturated carbocycles. The monoisotopic (exact) mass is 145 g/mol. The lowest BCUT2D eigenvalue weighted by Gasteiger charge is -1.92. The predicted molar refractivity (Wildman–Crippen MR) is 41.9 cm³/mol. The quantitative estimate of drug-likeness (QED) is 0.594. The molecule has 0 bridgehead atoms. The van der Waals surface area contributed by atoms with Gasteiger partial charge in [0.15, 0.2) is 0 Å². The highest BCUT2D eigenvalue weighted by Crippen LogP contribution is 2.16. The molecule has 1 aliphatic heterocycles. The Labute approximate surface area is 64.5 Å². The van der Waals surface area contributed by atoms with Crippen molar-refractivity contribution in [2.45, 2.75) is 0 Å². The van der Waals surface area contributed by atoms with Crippen molar-refractivity contribution in [3.63, 3.8) is 0 Å². The number of hydrogen-bond donors (Lipinski definition) is 0. The fourth-order valence-electron chi connectivity index (χ4n) is 0.955. The molecule has 1 aliphatic rings. The van der Waals surface area contributed by atoms with Gasteiger partial charge in [0.25, 0.3) is 0 Å². The lowest BCUT2D eigenvalue weighted by atomic mass is 10.3. The Balaban J connectivity index is 2.37. The molecule has 11 heavy (non-hydrogen) atoms. The first-order valence-corrected chi connectivity index (χ1v) is 3.46. The largest absolute Gasteiger partial charge is 0.255 e. The van der Waals surface area contributed by atoms with Gasteiger partial charge < -0.3 is 0 Å². The SMILES string of the molecule is C1=C(c2ccccn2)N=NC1. The Morgan fingerprint density at radius 2 is 2.27 bits per heavy atom. The second-order valence-electron chi connectivity index (χ2n) is 2.23. The van der Waals surface area contributed by atoms with Gasteiger partial charge in [0.2, 0.25) is 0 Å². The van der Waals surface area contributed by atoms with E-state index in [1.54, 1.807) is 6.20 Å². The molecule has 0 radical (unpaired) electrons. The highest BCUT2D eigenvalue weighted by molar-refractivity contribution is 5.62. The van der Waals surface area contributed by atoms with E-state index in [9.17, 15) is 0 Å². The molecule has 1 aromatic heterocycles. The summed E-state index contributed by atoms with van der Waals surface area (Å²) in [5, 5.41) is 7.76. The van der Waals surface area contributed by atoms with Crippen molar-refractivity contribution in [1.82, 2.24) is 4.98 Å². The Morgan fingerprint density at radius 3 is 2.91 bits per heavy atom. The molecular weight excluding hydrogens is 138 g/mol. The zero-order valence-electron chi connectivity index (χ0n) is 5.94. The van der Waals surface area contributed by atoms with E-state index in [4.69, 9.17) is 0 Å². The third-order valence-corrected chi connectivity index (χ3v) is 1.47. The second kappa shape index (κ2) is 2.62. The van der Waals surface area contributed by atoms with Crippen LogP contribution in [0.4, 0.5) is 0 Å². The van der Waals surface area contributed by atoms with E-state index < -0.39 is 0 Å². The summed E-state index contributed by atoms with van der Waals surface area (Å²) in [6.07, 6.45) is 3.71. The standard InChI is InChI=1S/C8H7N3/c1-2-5-9-7(3-1)8-4-6-10-11-8/h1-5H,6H2. The molecule has 0 saturated heterocycles. The summed E-state index contributed by atoms with van der Waals surface area (Å²) in [5.74, 6) is 0. The fraction of sp³-hybridized carbons (Fsp3) is 0.125. The number of hydrogen-bond acceptors (Lipinski definition) is 3. The van der Waals surface area contributed by atoms with Gasteiger partial charge >= 0.3 is 0 Å². The van der Waals surface area contributed by atoms with Crippen LogP contribution in [0.2, 0.25) is 0 Å². The van der Waals surface area contributed by atoms with Gasteiger partial charge in [-0.3, -0.25) is 4.98 Å². The minimum absolute atomic E-state index is 0.686. The molecule has 0 aromatic carbocycles.